The third-order valence-corrected chi connectivity index (χ3v) is 3.56. The first-order valence-corrected chi connectivity index (χ1v) is 7.62. The third-order valence-electron chi connectivity index (χ3n) is 2.38. The number of hydrogen-bond donors (Lipinski definition) is 1. The van der Waals surface area contributed by atoms with E-state index in [-0.39, 0.29) is 5.76 Å². The maximum atomic E-state index is 10.1. The minimum Gasteiger partial charge on any atom is -0.505 e. The standard InChI is InChI=1S/C13H11I2N3O/c1-3-4-12(13(19)8(2)14)18-16-10-6-5-9(15)7-11(10)17-18/h3-7,19H,2H2,1H3/b4-3-,13-12-. The number of aliphatic hydroxyl groups is 1. The molecule has 19 heavy (non-hydrogen) atoms. The number of halogens is 2. The second kappa shape index (κ2) is 6.04. The molecule has 1 N–H and O–H groups in total. The fraction of sp³-hybridized carbons (Fsp3) is 0.0769. The van der Waals surface area contributed by atoms with E-state index in [0.717, 1.165) is 14.6 Å². The van der Waals surface area contributed by atoms with Crippen molar-refractivity contribution < 1.29 is 5.11 Å². The Morgan fingerprint density at radius 2 is 2.05 bits per heavy atom. The number of rotatable bonds is 3. The molecule has 0 atom stereocenters. The van der Waals surface area contributed by atoms with Gasteiger partial charge in [-0.25, -0.2) is 0 Å². The Morgan fingerprint density at radius 3 is 2.68 bits per heavy atom. The van der Waals surface area contributed by atoms with Crippen LogP contribution in [0.15, 0.2) is 46.3 Å². The molecular formula is C13H11I2N3O. The van der Waals surface area contributed by atoms with Crippen LogP contribution in [0.4, 0.5) is 0 Å². The predicted molar refractivity (Wildman–Crippen MR) is 94.1 cm³/mol. The molecule has 0 fully saturated rings. The highest BCUT2D eigenvalue weighted by Gasteiger charge is 2.11. The van der Waals surface area contributed by atoms with E-state index in [0.29, 0.717) is 9.28 Å². The van der Waals surface area contributed by atoms with Crippen LogP contribution in [0.2, 0.25) is 0 Å². The highest BCUT2D eigenvalue weighted by atomic mass is 127. The molecule has 0 spiro atoms. The van der Waals surface area contributed by atoms with Crippen LogP contribution in [0.1, 0.15) is 6.92 Å². The zero-order valence-electron chi connectivity index (χ0n) is 10.1. The molecule has 6 heteroatoms. The Kier molecular flexibility index (Phi) is 4.61. The number of hydrogen-bond acceptors (Lipinski definition) is 3. The molecule has 4 nitrogen and oxygen atoms in total. The Balaban J connectivity index is 2.64. The Hall–Kier alpha value is -0.900. The highest BCUT2D eigenvalue weighted by Crippen LogP contribution is 2.22. The largest absolute Gasteiger partial charge is 0.505 e. The molecule has 2 aromatic rings. The molecule has 0 aliphatic carbocycles. The maximum absolute atomic E-state index is 10.1. The molecule has 1 aromatic heterocycles. The van der Waals surface area contributed by atoms with Gasteiger partial charge in [-0.2, -0.15) is 0 Å². The monoisotopic (exact) mass is 479 g/mol. The van der Waals surface area contributed by atoms with Crippen LogP contribution in [0, 0.1) is 3.57 Å². The minimum atomic E-state index is 0.0775. The summed E-state index contributed by atoms with van der Waals surface area (Å²) in [5.41, 5.74) is 2.09. The van der Waals surface area contributed by atoms with Gasteiger partial charge in [-0.1, -0.05) is 12.7 Å². The van der Waals surface area contributed by atoms with Gasteiger partial charge >= 0.3 is 0 Å². The van der Waals surface area contributed by atoms with Gasteiger partial charge in [-0.15, -0.1) is 15.0 Å². The zero-order chi connectivity index (χ0) is 14.0. The van der Waals surface area contributed by atoms with Crippen LogP contribution in [-0.2, 0) is 0 Å². The fourth-order valence-corrected chi connectivity index (χ4v) is 2.28. The van der Waals surface area contributed by atoms with Gasteiger partial charge in [0.1, 0.15) is 16.7 Å². The summed E-state index contributed by atoms with van der Waals surface area (Å²) < 4.78 is 1.64. The molecule has 0 bridgehead atoms. The lowest BCUT2D eigenvalue weighted by molar-refractivity contribution is 0.429. The lowest BCUT2D eigenvalue weighted by Crippen LogP contribution is -2.03. The molecule has 0 radical (unpaired) electrons. The summed E-state index contributed by atoms with van der Waals surface area (Å²) in [5, 5.41) is 18.8. The molecule has 0 saturated carbocycles. The van der Waals surface area contributed by atoms with Crippen LogP contribution in [0.3, 0.4) is 0 Å². The van der Waals surface area contributed by atoms with Gasteiger partial charge in [0.2, 0.25) is 0 Å². The van der Waals surface area contributed by atoms with Gasteiger partial charge < -0.3 is 5.11 Å². The number of allylic oxidation sites excluding steroid dienone is 4. The van der Waals surface area contributed by atoms with Gasteiger partial charge in [0.05, 0.1) is 0 Å². The second-order valence-corrected chi connectivity index (χ2v) is 6.31. The molecule has 1 aromatic carbocycles. The van der Waals surface area contributed by atoms with Crippen molar-refractivity contribution in [2.45, 2.75) is 6.92 Å². The van der Waals surface area contributed by atoms with Gasteiger partial charge in [-0.05, 0) is 76.4 Å². The van der Waals surface area contributed by atoms with Crippen LogP contribution in [0.25, 0.3) is 16.7 Å². The van der Waals surface area contributed by atoms with E-state index < -0.39 is 0 Å². The van der Waals surface area contributed by atoms with Gasteiger partial charge in [0, 0.05) is 7.15 Å². The van der Waals surface area contributed by atoms with E-state index in [1.54, 1.807) is 6.08 Å². The fourth-order valence-electron chi connectivity index (χ4n) is 1.53. The van der Waals surface area contributed by atoms with Crippen LogP contribution in [0.5, 0.6) is 0 Å². The van der Waals surface area contributed by atoms with E-state index >= 15 is 0 Å². The van der Waals surface area contributed by atoms with Crippen molar-refractivity contribution in [2.24, 2.45) is 0 Å². The first-order chi connectivity index (χ1) is 9.02. The Labute approximate surface area is 138 Å². The van der Waals surface area contributed by atoms with Crippen molar-refractivity contribution >= 4 is 61.9 Å². The van der Waals surface area contributed by atoms with Crippen LogP contribution in [-0.4, -0.2) is 20.1 Å². The second-order valence-electron chi connectivity index (χ2n) is 3.76. The van der Waals surface area contributed by atoms with Gasteiger partial charge in [0.25, 0.3) is 0 Å². The van der Waals surface area contributed by atoms with E-state index in [1.807, 2.05) is 53.8 Å². The van der Waals surface area contributed by atoms with E-state index in [2.05, 4.69) is 39.4 Å². The normalized spacial score (nSPS) is 13.0. The van der Waals surface area contributed by atoms with E-state index in [4.69, 9.17) is 0 Å². The van der Waals surface area contributed by atoms with Crippen molar-refractivity contribution in [2.75, 3.05) is 0 Å². The molecule has 0 aliphatic heterocycles. The predicted octanol–water partition coefficient (Wildman–Crippen LogP) is 4.29. The van der Waals surface area contributed by atoms with Crippen molar-refractivity contribution in [1.29, 1.82) is 0 Å². The third kappa shape index (κ3) is 3.16. The van der Waals surface area contributed by atoms with E-state index in [9.17, 15) is 5.11 Å². The lowest BCUT2D eigenvalue weighted by atomic mass is 10.3. The summed E-state index contributed by atoms with van der Waals surface area (Å²) in [7, 11) is 0. The molecular weight excluding hydrogens is 468 g/mol. The van der Waals surface area contributed by atoms with Gasteiger partial charge in [-0.3, -0.25) is 0 Å². The van der Waals surface area contributed by atoms with E-state index in [1.165, 1.54) is 4.80 Å². The quantitative estimate of drug-likeness (QED) is 0.407. The minimum absolute atomic E-state index is 0.0775. The Morgan fingerprint density at radius 1 is 1.37 bits per heavy atom. The molecule has 98 valence electrons. The zero-order valence-corrected chi connectivity index (χ0v) is 14.5. The van der Waals surface area contributed by atoms with Crippen molar-refractivity contribution in [3.05, 3.63) is 49.8 Å². The average molecular weight is 479 g/mol. The Bertz CT molecular complexity index is 701. The first kappa shape index (κ1) is 14.5. The summed E-state index contributed by atoms with van der Waals surface area (Å²) in [6.45, 7) is 5.60. The van der Waals surface area contributed by atoms with Crippen LogP contribution < -0.4 is 0 Å². The molecule has 0 aliphatic rings. The van der Waals surface area contributed by atoms with Crippen molar-refractivity contribution in [1.82, 2.24) is 15.0 Å². The first-order valence-electron chi connectivity index (χ1n) is 5.46. The molecule has 1 heterocycles. The van der Waals surface area contributed by atoms with Crippen LogP contribution >= 0.6 is 45.2 Å². The molecule has 2 rings (SSSR count). The van der Waals surface area contributed by atoms with Gasteiger partial charge in [0.15, 0.2) is 5.76 Å². The molecule has 0 unspecified atom stereocenters. The molecule has 0 amide bonds. The topological polar surface area (TPSA) is 50.9 Å². The molecule has 0 saturated heterocycles. The van der Waals surface area contributed by atoms with Crippen molar-refractivity contribution in [3.63, 3.8) is 0 Å². The summed E-state index contributed by atoms with van der Waals surface area (Å²) in [6, 6.07) is 5.82. The summed E-state index contributed by atoms with van der Waals surface area (Å²) in [6.07, 6.45) is 3.58. The number of aliphatic hydroxyl groups excluding tert-OH is 1. The maximum Gasteiger partial charge on any atom is 0.155 e. The lowest BCUT2D eigenvalue weighted by Gasteiger charge is -2.04. The van der Waals surface area contributed by atoms with Crippen molar-refractivity contribution in [3.8, 4) is 0 Å². The summed E-state index contributed by atoms with van der Waals surface area (Å²) in [5.74, 6) is 0.0775. The summed E-state index contributed by atoms with van der Waals surface area (Å²) in [4.78, 5) is 1.43. The smallest absolute Gasteiger partial charge is 0.155 e. The number of aromatic nitrogens is 3. The SMILES string of the molecule is C=C(I)/C(O)=C(\C=C/C)n1nc2ccc(I)cc2n1. The highest BCUT2D eigenvalue weighted by molar-refractivity contribution is 14.1. The number of fused-ring (bicyclic) bond motifs is 1. The summed E-state index contributed by atoms with van der Waals surface area (Å²) >= 11 is 4.20. The number of nitrogens with zero attached hydrogens (tertiary/aromatic N) is 3. The average Bonchev–Trinajstić information content (AvgIpc) is 2.77. The number of benzene rings is 1.